The van der Waals surface area contributed by atoms with Crippen molar-refractivity contribution in [1.82, 2.24) is 4.72 Å². The molecule has 0 bridgehead atoms. The van der Waals surface area contributed by atoms with E-state index in [9.17, 15) is 12.8 Å². The highest BCUT2D eigenvalue weighted by atomic mass is 32.2. The summed E-state index contributed by atoms with van der Waals surface area (Å²) in [5, 5.41) is 9.06. The summed E-state index contributed by atoms with van der Waals surface area (Å²) in [5.41, 5.74) is 5.88. The molecule has 0 spiro atoms. The molecule has 1 aromatic carbocycles. The highest BCUT2D eigenvalue weighted by Gasteiger charge is 2.16. The van der Waals surface area contributed by atoms with E-state index >= 15 is 0 Å². The van der Waals surface area contributed by atoms with Gasteiger partial charge in [0.25, 0.3) is 0 Å². The van der Waals surface area contributed by atoms with Crippen LogP contribution in [0.2, 0.25) is 0 Å². The smallest absolute Gasteiger partial charge is 0.240 e. The van der Waals surface area contributed by atoms with Gasteiger partial charge in [-0.2, -0.15) is 0 Å². The molecule has 7 heteroatoms. The van der Waals surface area contributed by atoms with Gasteiger partial charge in [0, 0.05) is 17.8 Å². The van der Waals surface area contributed by atoms with Gasteiger partial charge >= 0.3 is 0 Å². The van der Waals surface area contributed by atoms with Gasteiger partial charge in [0.15, 0.2) is 0 Å². The van der Waals surface area contributed by atoms with Crippen LogP contribution in [0.15, 0.2) is 17.0 Å². The number of nitrogens with one attached hydrogen (secondary N) is 1. The lowest BCUT2D eigenvalue weighted by Gasteiger charge is -2.10. The summed E-state index contributed by atoms with van der Waals surface area (Å²) in [6.07, 6.45) is 0.519. The predicted molar refractivity (Wildman–Crippen MR) is 71.7 cm³/mol. The summed E-state index contributed by atoms with van der Waals surface area (Å²) in [4.78, 5) is -0.190. The zero-order valence-electron chi connectivity index (χ0n) is 11.0. The fraction of sp³-hybridized carbons (Fsp3) is 0.500. The van der Waals surface area contributed by atoms with Crippen LogP contribution in [0.4, 0.5) is 10.1 Å². The predicted octanol–water partition coefficient (Wildman–Crippen LogP) is 1.16. The third-order valence-corrected chi connectivity index (χ3v) is 4.20. The van der Waals surface area contributed by atoms with E-state index < -0.39 is 21.9 Å². The van der Waals surface area contributed by atoms with E-state index in [0.717, 1.165) is 6.07 Å². The minimum atomic E-state index is -3.77. The first-order chi connectivity index (χ1) is 8.74. The maximum Gasteiger partial charge on any atom is 0.240 e. The van der Waals surface area contributed by atoms with Crippen molar-refractivity contribution >= 4 is 15.7 Å². The number of hydrogen-bond acceptors (Lipinski definition) is 4. The summed E-state index contributed by atoms with van der Waals surface area (Å²) < 4.78 is 39.6. The lowest BCUT2D eigenvalue weighted by atomic mass is 10.2. The topological polar surface area (TPSA) is 92.4 Å². The number of nitrogens with two attached hydrogens (primary N) is 1. The van der Waals surface area contributed by atoms with Gasteiger partial charge < -0.3 is 10.8 Å². The van der Waals surface area contributed by atoms with E-state index in [-0.39, 0.29) is 22.7 Å². The fourth-order valence-corrected chi connectivity index (χ4v) is 2.64. The molecule has 0 saturated heterocycles. The van der Waals surface area contributed by atoms with E-state index in [0.29, 0.717) is 12.8 Å². The van der Waals surface area contributed by atoms with Crippen molar-refractivity contribution in [3.05, 3.63) is 23.5 Å². The molecule has 108 valence electrons. The highest BCUT2D eigenvalue weighted by molar-refractivity contribution is 7.89. The Morgan fingerprint density at radius 2 is 2.11 bits per heavy atom. The average molecular weight is 290 g/mol. The van der Waals surface area contributed by atoms with Crippen LogP contribution < -0.4 is 10.5 Å². The van der Waals surface area contributed by atoms with Crippen LogP contribution in [0, 0.1) is 12.7 Å². The molecule has 0 aliphatic rings. The van der Waals surface area contributed by atoms with Crippen molar-refractivity contribution < 1.29 is 17.9 Å². The Bertz CT molecular complexity index is 521. The Morgan fingerprint density at radius 1 is 1.47 bits per heavy atom. The van der Waals surface area contributed by atoms with Crippen LogP contribution in [0.25, 0.3) is 0 Å². The molecule has 1 aromatic rings. The van der Waals surface area contributed by atoms with Crippen molar-refractivity contribution in [2.24, 2.45) is 0 Å². The minimum absolute atomic E-state index is 0.101. The highest BCUT2D eigenvalue weighted by Crippen LogP contribution is 2.20. The normalized spacial score (nSPS) is 13.5. The molecule has 4 N–H and O–H groups in total. The third-order valence-electron chi connectivity index (χ3n) is 2.76. The standard InChI is InChI=1S/C12H19FN2O3S/c1-8(16)4-3-5-15-19(17,18)10-6-11(13)9(2)12(14)7-10/h6-8,15-16H,3-5,14H2,1-2H3. The first-order valence-corrected chi connectivity index (χ1v) is 7.45. The summed E-state index contributed by atoms with van der Waals surface area (Å²) >= 11 is 0. The minimum Gasteiger partial charge on any atom is -0.398 e. The summed E-state index contributed by atoms with van der Waals surface area (Å²) in [6.45, 7) is 3.30. The van der Waals surface area contributed by atoms with E-state index in [1.54, 1.807) is 6.92 Å². The van der Waals surface area contributed by atoms with Crippen molar-refractivity contribution in [2.75, 3.05) is 12.3 Å². The average Bonchev–Trinajstić information content (AvgIpc) is 2.31. The van der Waals surface area contributed by atoms with Gasteiger partial charge in [-0.3, -0.25) is 0 Å². The van der Waals surface area contributed by atoms with Gasteiger partial charge in [0.1, 0.15) is 5.82 Å². The SMILES string of the molecule is Cc1c(N)cc(S(=O)(=O)NCCCC(C)O)cc1F. The Labute approximate surface area is 112 Å². The summed E-state index contributed by atoms with van der Waals surface area (Å²) in [7, 11) is -3.77. The lowest BCUT2D eigenvalue weighted by Crippen LogP contribution is -2.25. The maximum atomic E-state index is 13.5. The lowest BCUT2D eigenvalue weighted by molar-refractivity contribution is 0.182. The van der Waals surface area contributed by atoms with E-state index in [4.69, 9.17) is 10.8 Å². The van der Waals surface area contributed by atoms with Gasteiger partial charge in [-0.15, -0.1) is 0 Å². The van der Waals surface area contributed by atoms with E-state index in [1.807, 2.05) is 0 Å². The number of aliphatic hydroxyl groups excluding tert-OH is 1. The van der Waals surface area contributed by atoms with Gasteiger partial charge in [0.05, 0.1) is 11.0 Å². The number of anilines is 1. The Hall–Kier alpha value is -1.18. The Balaban J connectivity index is 2.78. The van der Waals surface area contributed by atoms with E-state index in [1.165, 1.54) is 13.0 Å². The van der Waals surface area contributed by atoms with E-state index in [2.05, 4.69) is 4.72 Å². The number of nitrogen functional groups attached to an aromatic ring is 1. The molecule has 5 nitrogen and oxygen atoms in total. The number of rotatable bonds is 6. The summed E-state index contributed by atoms with van der Waals surface area (Å²) in [6, 6.07) is 2.18. The zero-order chi connectivity index (χ0) is 14.6. The first-order valence-electron chi connectivity index (χ1n) is 5.97. The number of halogens is 1. The molecule has 19 heavy (non-hydrogen) atoms. The monoisotopic (exact) mass is 290 g/mol. The van der Waals surface area contributed by atoms with Gasteiger partial charge in [-0.25, -0.2) is 17.5 Å². The van der Waals surface area contributed by atoms with Crippen LogP contribution in [-0.4, -0.2) is 26.2 Å². The molecule has 0 heterocycles. The molecule has 0 aromatic heterocycles. The van der Waals surface area contributed by atoms with Crippen molar-refractivity contribution in [3.8, 4) is 0 Å². The largest absolute Gasteiger partial charge is 0.398 e. The Morgan fingerprint density at radius 3 is 2.63 bits per heavy atom. The first kappa shape index (κ1) is 15.9. The van der Waals surface area contributed by atoms with Gasteiger partial charge in [0.2, 0.25) is 10.0 Å². The molecule has 0 fully saturated rings. The van der Waals surface area contributed by atoms with Gasteiger partial charge in [-0.05, 0) is 38.8 Å². The van der Waals surface area contributed by atoms with Gasteiger partial charge in [-0.1, -0.05) is 0 Å². The maximum absolute atomic E-state index is 13.5. The number of benzene rings is 1. The van der Waals surface area contributed by atoms with Crippen LogP contribution in [0.1, 0.15) is 25.3 Å². The second-order valence-corrected chi connectivity index (χ2v) is 6.28. The fourth-order valence-electron chi connectivity index (χ4n) is 1.52. The second kappa shape index (κ2) is 6.31. The summed E-state index contributed by atoms with van der Waals surface area (Å²) in [5.74, 6) is -0.649. The van der Waals surface area contributed by atoms with Crippen LogP contribution in [-0.2, 0) is 10.0 Å². The zero-order valence-corrected chi connectivity index (χ0v) is 11.8. The quantitative estimate of drug-likeness (QED) is 0.541. The number of sulfonamides is 1. The van der Waals surface area contributed by atoms with Crippen molar-refractivity contribution in [1.29, 1.82) is 0 Å². The van der Waals surface area contributed by atoms with Crippen LogP contribution in [0.3, 0.4) is 0 Å². The molecule has 1 rings (SSSR count). The Kier molecular flexibility index (Phi) is 5.28. The molecule has 0 saturated carbocycles. The molecule has 0 aliphatic carbocycles. The third kappa shape index (κ3) is 4.45. The number of hydrogen-bond donors (Lipinski definition) is 3. The van der Waals surface area contributed by atoms with Crippen LogP contribution >= 0.6 is 0 Å². The number of aliphatic hydroxyl groups is 1. The second-order valence-electron chi connectivity index (χ2n) is 4.51. The molecule has 1 atom stereocenters. The molecular formula is C12H19FN2O3S. The van der Waals surface area contributed by atoms with Crippen molar-refractivity contribution in [2.45, 2.75) is 37.7 Å². The molecule has 1 unspecified atom stereocenters. The molecule has 0 aliphatic heterocycles. The molecular weight excluding hydrogens is 271 g/mol. The molecule has 0 amide bonds. The molecule has 0 radical (unpaired) electrons. The van der Waals surface area contributed by atoms with Crippen molar-refractivity contribution in [3.63, 3.8) is 0 Å². The van der Waals surface area contributed by atoms with Crippen LogP contribution in [0.5, 0.6) is 0 Å².